The van der Waals surface area contributed by atoms with Crippen molar-refractivity contribution in [3.63, 3.8) is 0 Å². The number of ether oxygens (including phenoxy) is 1. The molecule has 1 atom stereocenters. The van der Waals surface area contributed by atoms with Crippen molar-refractivity contribution in [2.75, 3.05) is 27.3 Å². The Bertz CT molecular complexity index is 484. The van der Waals surface area contributed by atoms with Gasteiger partial charge in [0.05, 0.1) is 24.7 Å². The molecule has 0 aromatic carbocycles. The van der Waals surface area contributed by atoms with E-state index in [1.807, 2.05) is 29.5 Å². The Kier molecular flexibility index (Phi) is 5.09. The van der Waals surface area contributed by atoms with Gasteiger partial charge in [0, 0.05) is 25.6 Å². The number of aliphatic hydroxyl groups is 1. The number of aromatic nitrogens is 1. The number of thiazole rings is 1. The number of rotatable bonds is 7. The minimum atomic E-state index is -0.474. The standard InChI is InChI=1S/C13H18N2O3S/c1-15(7-11(16)8-17-2)6-10-9-19-13(14-10)12-4-3-5-18-12/h3-5,9,11,16H,6-8H2,1-2H3. The minimum Gasteiger partial charge on any atom is -0.462 e. The zero-order valence-electron chi connectivity index (χ0n) is 11.1. The summed E-state index contributed by atoms with van der Waals surface area (Å²) in [6.07, 6.45) is 1.17. The fraction of sp³-hybridized carbons (Fsp3) is 0.462. The molecule has 0 saturated heterocycles. The Hall–Kier alpha value is -1.21. The van der Waals surface area contributed by atoms with Crippen molar-refractivity contribution in [3.05, 3.63) is 29.5 Å². The van der Waals surface area contributed by atoms with Crippen molar-refractivity contribution in [2.24, 2.45) is 0 Å². The predicted molar refractivity (Wildman–Crippen MR) is 74.0 cm³/mol. The van der Waals surface area contributed by atoms with Gasteiger partial charge in [0.2, 0.25) is 0 Å². The topological polar surface area (TPSA) is 58.7 Å². The summed E-state index contributed by atoms with van der Waals surface area (Å²) in [5, 5.41) is 12.5. The molecule has 0 aliphatic carbocycles. The van der Waals surface area contributed by atoms with Gasteiger partial charge in [-0.25, -0.2) is 4.98 Å². The minimum absolute atomic E-state index is 0.346. The van der Waals surface area contributed by atoms with Gasteiger partial charge >= 0.3 is 0 Å². The third-order valence-corrected chi connectivity index (χ3v) is 3.50. The van der Waals surface area contributed by atoms with Crippen LogP contribution in [0.4, 0.5) is 0 Å². The normalized spacial score (nSPS) is 13.1. The van der Waals surface area contributed by atoms with E-state index < -0.39 is 6.10 Å². The highest BCUT2D eigenvalue weighted by Gasteiger charge is 2.11. The summed E-state index contributed by atoms with van der Waals surface area (Å²) >= 11 is 1.56. The molecular formula is C13H18N2O3S. The van der Waals surface area contributed by atoms with Crippen LogP contribution in [0.1, 0.15) is 5.69 Å². The van der Waals surface area contributed by atoms with Gasteiger partial charge in [-0.2, -0.15) is 0 Å². The fourth-order valence-corrected chi connectivity index (χ4v) is 2.62. The van der Waals surface area contributed by atoms with Crippen LogP contribution in [0.15, 0.2) is 28.2 Å². The summed E-state index contributed by atoms with van der Waals surface area (Å²) in [4.78, 5) is 6.53. The van der Waals surface area contributed by atoms with Crippen molar-refractivity contribution in [1.82, 2.24) is 9.88 Å². The maximum Gasteiger partial charge on any atom is 0.162 e. The molecule has 1 N–H and O–H groups in total. The largest absolute Gasteiger partial charge is 0.462 e. The lowest BCUT2D eigenvalue weighted by Gasteiger charge is -2.18. The zero-order chi connectivity index (χ0) is 13.7. The van der Waals surface area contributed by atoms with Gasteiger partial charge < -0.3 is 14.3 Å². The van der Waals surface area contributed by atoms with Gasteiger partial charge in [-0.1, -0.05) is 0 Å². The van der Waals surface area contributed by atoms with Crippen molar-refractivity contribution >= 4 is 11.3 Å². The van der Waals surface area contributed by atoms with Crippen molar-refractivity contribution in [3.8, 4) is 10.8 Å². The smallest absolute Gasteiger partial charge is 0.162 e. The van der Waals surface area contributed by atoms with E-state index in [4.69, 9.17) is 9.15 Å². The summed E-state index contributed by atoms with van der Waals surface area (Å²) in [5.41, 5.74) is 0.975. The lowest BCUT2D eigenvalue weighted by molar-refractivity contribution is 0.0417. The second kappa shape index (κ2) is 6.81. The second-order valence-electron chi connectivity index (χ2n) is 4.43. The van der Waals surface area contributed by atoms with E-state index >= 15 is 0 Å². The van der Waals surface area contributed by atoms with Gasteiger partial charge in [-0.15, -0.1) is 11.3 Å². The van der Waals surface area contributed by atoms with E-state index in [1.54, 1.807) is 24.7 Å². The molecule has 2 heterocycles. The molecule has 6 heteroatoms. The summed E-state index contributed by atoms with van der Waals surface area (Å²) < 4.78 is 10.2. The first kappa shape index (κ1) is 14.2. The highest BCUT2D eigenvalue weighted by molar-refractivity contribution is 7.13. The lowest BCUT2D eigenvalue weighted by Crippen LogP contribution is -2.31. The fourth-order valence-electron chi connectivity index (χ4n) is 1.84. The van der Waals surface area contributed by atoms with E-state index in [-0.39, 0.29) is 0 Å². The molecule has 0 bridgehead atoms. The molecule has 2 aromatic rings. The highest BCUT2D eigenvalue weighted by Crippen LogP contribution is 2.24. The maximum atomic E-state index is 9.65. The van der Waals surface area contributed by atoms with Crippen molar-refractivity contribution in [2.45, 2.75) is 12.6 Å². The summed E-state index contributed by atoms with van der Waals surface area (Å²) in [6.45, 7) is 1.60. The average molecular weight is 282 g/mol. The van der Waals surface area contributed by atoms with Crippen LogP contribution in [0.5, 0.6) is 0 Å². The Morgan fingerprint density at radius 3 is 3.11 bits per heavy atom. The number of aliphatic hydroxyl groups excluding tert-OH is 1. The third kappa shape index (κ3) is 4.14. The summed E-state index contributed by atoms with van der Waals surface area (Å²) in [7, 11) is 3.53. The molecule has 0 amide bonds. The van der Waals surface area contributed by atoms with Gasteiger partial charge in [0.15, 0.2) is 10.8 Å². The molecule has 0 spiro atoms. The van der Waals surface area contributed by atoms with Crippen LogP contribution in [0.25, 0.3) is 10.8 Å². The van der Waals surface area contributed by atoms with E-state index in [0.29, 0.717) is 19.7 Å². The lowest BCUT2D eigenvalue weighted by atomic mass is 10.3. The Morgan fingerprint density at radius 1 is 1.58 bits per heavy atom. The highest BCUT2D eigenvalue weighted by atomic mass is 32.1. The second-order valence-corrected chi connectivity index (χ2v) is 5.29. The van der Waals surface area contributed by atoms with E-state index in [2.05, 4.69) is 4.98 Å². The molecule has 0 aliphatic rings. The molecular weight excluding hydrogens is 264 g/mol. The number of hydrogen-bond acceptors (Lipinski definition) is 6. The molecule has 0 fully saturated rings. The molecule has 1 unspecified atom stereocenters. The van der Waals surface area contributed by atoms with Gasteiger partial charge in [-0.05, 0) is 19.2 Å². The van der Waals surface area contributed by atoms with Crippen LogP contribution in [0.3, 0.4) is 0 Å². The van der Waals surface area contributed by atoms with Crippen LogP contribution >= 0.6 is 11.3 Å². The Morgan fingerprint density at radius 2 is 2.42 bits per heavy atom. The molecule has 2 rings (SSSR count). The van der Waals surface area contributed by atoms with E-state index in [0.717, 1.165) is 16.5 Å². The molecule has 0 radical (unpaired) electrons. The third-order valence-electron chi connectivity index (χ3n) is 2.60. The monoisotopic (exact) mass is 282 g/mol. The van der Waals surface area contributed by atoms with Crippen molar-refractivity contribution < 1.29 is 14.3 Å². The van der Waals surface area contributed by atoms with Crippen LogP contribution in [-0.4, -0.2) is 48.4 Å². The van der Waals surface area contributed by atoms with Crippen LogP contribution < -0.4 is 0 Å². The van der Waals surface area contributed by atoms with Crippen LogP contribution in [-0.2, 0) is 11.3 Å². The van der Waals surface area contributed by atoms with Crippen molar-refractivity contribution in [1.29, 1.82) is 0 Å². The van der Waals surface area contributed by atoms with Crippen LogP contribution in [0.2, 0.25) is 0 Å². The van der Waals surface area contributed by atoms with Gasteiger partial charge in [-0.3, -0.25) is 4.90 Å². The van der Waals surface area contributed by atoms with Gasteiger partial charge in [0.25, 0.3) is 0 Å². The molecule has 0 aliphatic heterocycles. The number of methoxy groups -OCH3 is 1. The van der Waals surface area contributed by atoms with E-state index in [9.17, 15) is 5.11 Å². The molecule has 2 aromatic heterocycles. The van der Waals surface area contributed by atoms with E-state index in [1.165, 1.54) is 0 Å². The maximum absolute atomic E-state index is 9.65. The SMILES string of the molecule is COCC(O)CN(C)Cc1csc(-c2ccco2)n1. The van der Waals surface area contributed by atoms with Gasteiger partial charge in [0.1, 0.15) is 0 Å². The first-order chi connectivity index (χ1) is 9.19. The number of hydrogen-bond donors (Lipinski definition) is 1. The molecule has 5 nitrogen and oxygen atoms in total. The molecule has 0 saturated carbocycles. The molecule has 19 heavy (non-hydrogen) atoms. The zero-order valence-corrected chi connectivity index (χ0v) is 11.9. The first-order valence-electron chi connectivity index (χ1n) is 6.03. The Balaban J connectivity index is 1.89. The quantitative estimate of drug-likeness (QED) is 0.839. The summed E-state index contributed by atoms with van der Waals surface area (Å²) in [6, 6.07) is 3.75. The average Bonchev–Trinajstić information content (AvgIpc) is 2.98. The van der Waals surface area contributed by atoms with Crippen LogP contribution in [0, 0.1) is 0 Å². The first-order valence-corrected chi connectivity index (χ1v) is 6.91. The number of furan rings is 1. The Labute approximate surface area is 116 Å². The predicted octanol–water partition coefficient (Wildman–Crippen LogP) is 1.84. The number of likely N-dealkylation sites (N-methyl/N-ethyl adjacent to an activating group) is 1. The molecule has 104 valence electrons. The number of nitrogens with zero attached hydrogens (tertiary/aromatic N) is 2. The summed E-state index contributed by atoms with van der Waals surface area (Å²) in [5.74, 6) is 0.790.